The molecule has 0 fully saturated rings. The third kappa shape index (κ3) is 2.15. The van der Waals surface area contributed by atoms with Gasteiger partial charge in [-0.15, -0.1) is 0 Å². The van der Waals surface area contributed by atoms with Crippen molar-refractivity contribution >= 4 is 32.3 Å². The van der Waals surface area contributed by atoms with Crippen LogP contribution in [0.1, 0.15) is 0 Å². The fourth-order valence-corrected chi connectivity index (χ4v) is 1.50. The van der Waals surface area contributed by atoms with E-state index in [1.807, 2.05) is 0 Å². The van der Waals surface area contributed by atoms with Gasteiger partial charge in [0.05, 0.1) is 9.92 Å². The number of rotatable bonds is 1. The molecule has 0 bridgehead atoms. The second-order valence-electron chi connectivity index (χ2n) is 1.80. The van der Waals surface area contributed by atoms with Crippen LogP contribution in [0.15, 0.2) is 23.1 Å². The highest BCUT2D eigenvalue weighted by Gasteiger charge is 2.03. The normalized spacial score (nSPS) is 13.0. The molecule has 60 valence electrons. The maximum Gasteiger partial charge on any atom is 0.147 e. The first-order chi connectivity index (χ1) is 5.11. The van der Waals surface area contributed by atoms with Crippen molar-refractivity contribution in [2.45, 2.75) is 4.90 Å². The summed E-state index contributed by atoms with van der Waals surface area (Å²) < 4.78 is 23.1. The van der Waals surface area contributed by atoms with Crippen molar-refractivity contribution in [3.63, 3.8) is 0 Å². The molecule has 0 spiro atoms. The Labute approximate surface area is 75.1 Å². The average Bonchev–Trinajstić information content (AvgIpc) is 1.94. The molecule has 1 rings (SSSR count). The monoisotopic (exact) mass is 212 g/mol. The molecule has 1 aromatic carbocycles. The highest BCUT2D eigenvalue weighted by molar-refractivity contribution is 8.08. The molecule has 1 unspecified atom stereocenters. The van der Waals surface area contributed by atoms with E-state index in [9.17, 15) is 8.60 Å². The molecule has 0 saturated carbocycles. The van der Waals surface area contributed by atoms with Gasteiger partial charge >= 0.3 is 0 Å². The van der Waals surface area contributed by atoms with Crippen LogP contribution in [-0.2, 0) is 10.0 Å². The summed E-state index contributed by atoms with van der Waals surface area (Å²) in [4.78, 5) is 0.304. The van der Waals surface area contributed by atoms with E-state index in [1.54, 1.807) is 0 Å². The van der Waals surface area contributed by atoms with Gasteiger partial charge in [-0.1, -0.05) is 11.6 Å². The van der Waals surface area contributed by atoms with Crippen molar-refractivity contribution in [3.05, 3.63) is 29.0 Å². The van der Waals surface area contributed by atoms with Crippen molar-refractivity contribution in [1.82, 2.24) is 0 Å². The summed E-state index contributed by atoms with van der Waals surface area (Å²) in [7, 11) is 3.59. The van der Waals surface area contributed by atoms with Crippen LogP contribution in [0.3, 0.4) is 0 Å². The van der Waals surface area contributed by atoms with Gasteiger partial charge in [-0.2, -0.15) is 0 Å². The third-order valence-corrected chi connectivity index (χ3v) is 2.53. The summed E-state index contributed by atoms with van der Waals surface area (Å²) in [5.74, 6) is -0.544. The van der Waals surface area contributed by atoms with Crippen LogP contribution in [0, 0.1) is 5.82 Å². The first-order valence-electron chi connectivity index (χ1n) is 2.64. The van der Waals surface area contributed by atoms with Crippen LogP contribution >= 0.6 is 22.3 Å². The zero-order chi connectivity index (χ0) is 8.43. The fourth-order valence-electron chi connectivity index (χ4n) is 0.577. The van der Waals surface area contributed by atoms with Gasteiger partial charge in [0.25, 0.3) is 0 Å². The van der Waals surface area contributed by atoms with Crippen molar-refractivity contribution in [2.24, 2.45) is 0 Å². The summed E-state index contributed by atoms with van der Waals surface area (Å²) in [6.45, 7) is 0. The van der Waals surface area contributed by atoms with E-state index in [-0.39, 0.29) is 5.02 Å². The Morgan fingerprint density at radius 3 is 2.55 bits per heavy atom. The lowest BCUT2D eigenvalue weighted by Crippen LogP contribution is -1.83. The smallest absolute Gasteiger partial charge is 0.147 e. The summed E-state index contributed by atoms with van der Waals surface area (Å²) in [5.41, 5.74) is 0. The van der Waals surface area contributed by atoms with Crippen LogP contribution in [0.5, 0.6) is 0 Å². The number of benzene rings is 1. The topological polar surface area (TPSA) is 17.1 Å². The molecule has 1 aromatic rings. The lowest BCUT2D eigenvalue weighted by atomic mass is 10.3. The Balaban J connectivity index is 3.15. The molecule has 0 radical (unpaired) electrons. The first-order valence-corrected chi connectivity index (χ1v) is 5.00. The zero-order valence-electron chi connectivity index (χ0n) is 5.18. The zero-order valence-corrected chi connectivity index (χ0v) is 7.51. The highest BCUT2D eigenvalue weighted by Crippen LogP contribution is 2.19. The van der Waals surface area contributed by atoms with Crippen LogP contribution in [0.4, 0.5) is 4.39 Å². The molecule has 0 aromatic heterocycles. The predicted octanol–water partition coefficient (Wildman–Crippen LogP) is 2.74. The second-order valence-corrected chi connectivity index (χ2v) is 3.97. The van der Waals surface area contributed by atoms with Gasteiger partial charge in [0, 0.05) is 0 Å². The summed E-state index contributed by atoms with van der Waals surface area (Å²) in [6.07, 6.45) is 0. The second kappa shape index (κ2) is 3.52. The van der Waals surface area contributed by atoms with Crippen LogP contribution in [0.25, 0.3) is 0 Å². The summed E-state index contributed by atoms with van der Waals surface area (Å²) in [5, 5.41) is -0.0727. The minimum absolute atomic E-state index is 0.0727. The predicted molar refractivity (Wildman–Crippen MR) is 43.7 cm³/mol. The van der Waals surface area contributed by atoms with E-state index in [1.165, 1.54) is 12.1 Å². The lowest BCUT2D eigenvalue weighted by molar-refractivity contribution is 0.626. The summed E-state index contributed by atoms with van der Waals surface area (Å²) >= 11 is 5.39. The molecule has 0 aliphatic carbocycles. The van der Waals surface area contributed by atoms with Gasteiger partial charge in [-0.25, -0.2) is 8.60 Å². The molecule has 11 heavy (non-hydrogen) atoms. The minimum atomic E-state index is -1.63. The minimum Gasteiger partial charge on any atom is -0.237 e. The highest BCUT2D eigenvalue weighted by atomic mass is 35.7. The molecule has 0 N–H and O–H groups in total. The van der Waals surface area contributed by atoms with Crippen molar-refractivity contribution in [3.8, 4) is 0 Å². The van der Waals surface area contributed by atoms with Crippen molar-refractivity contribution < 1.29 is 8.60 Å². The molecule has 0 amide bonds. The van der Waals surface area contributed by atoms with Gasteiger partial charge in [0.2, 0.25) is 0 Å². The molecular weight excluding hydrogens is 210 g/mol. The van der Waals surface area contributed by atoms with Crippen molar-refractivity contribution in [1.29, 1.82) is 0 Å². The Morgan fingerprint density at radius 1 is 1.45 bits per heavy atom. The van der Waals surface area contributed by atoms with Crippen LogP contribution in [-0.4, -0.2) is 4.21 Å². The Hall–Kier alpha value is -0.120. The quantitative estimate of drug-likeness (QED) is 0.655. The Kier molecular flexibility index (Phi) is 2.87. The number of halogens is 3. The third-order valence-electron chi connectivity index (χ3n) is 1.08. The van der Waals surface area contributed by atoms with Gasteiger partial charge in [0.1, 0.15) is 15.8 Å². The molecule has 1 nitrogen and oxygen atoms in total. The Morgan fingerprint density at radius 2 is 2.09 bits per heavy atom. The van der Waals surface area contributed by atoms with Gasteiger partial charge in [-0.05, 0) is 28.9 Å². The molecule has 1 atom stereocenters. The van der Waals surface area contributed by atoms with Gasteiger partial charge in [0.15, 0.2) is 0 Å². The van der Waals surface area contributed by atoms with Crippen LogP contribution < -0.4 is 0 Å². The first kappa shape index (κ1) is 8.97. The van der Waals surface area contributed by atoms with E-state index >= 15 is 0 Å². The fraction of sp³-hybridized carbons (Fsp3) is 0. The molecule has 0 saturated heterocycles. The van der Waals surface area contributed by atoms with E-state index in [2.05, 4.69) is 0 Å². The maximum absolute atomic E-state index is 12.5. The molecule has 0 aliphatic heterocycles. The van der Waals surface area contributed by atoms with Crippen LogP contribution in [0.2, 0.25) is 5.02 Å². The summed E-state index contributed by atoms with van der Waals surface area (Å²) in [6, 6.07) is 3.68. The average molecular weight is 213 g/mol. The number of hydrogen-bond acceptors (Lipinski definition) is 1. The maximum atomic E-state index is 12.5. The Bertz CT molecular complexity index is 303. The largest absolute Gasteiger partial charge is 0.237 e. The lowest BCUT2D eigenvalue weighted by Gasteiger charge is -1.95. The molecule has 0 heterocycles. The SMILES string of the molecule is O=S(Cl)c1ccc(F)c(Cl)c1. The van der Waals surface area contributed by atoms with E-state index in [0.29, 0.717) is 4.90 Å². The molecule has 0 aliphatic rings. The standard InChI is InChI=1S/C6H3Cl2FOS/c7-5-3-4(11(8)10)1-2-6(5)9/h1-3H. The van der Waals surface area contributed by atoms with E-state index in [0.717, 1.165) is 6.07 Å². The van der Waals surface area contributed by atoms with E-state index < -0.39 is 15.8 Å². The van der Waals surface area contributed by atoms with Gasteiger partial charge in [-0.3, -0.25) is 0 Å². The van der Waals surface area contributed by atoms with Gasteiger partial charge < -0.3 is 0 Å². The molecule has 5 heteroatoms. The number of hydrogen-bond donors (Lipinski definition) is 0. The van der Waals surface area contributed by atoms with Crippen molar-refractivity contribution in [2.75, 3.05) is 0 Å². The molecular formula is C6H3Cl2FOS. The van der Waals surface area contributed by atoms with E-state index in [4.69, 9.17) is 22.3 Å².